The molecule has 0 fully saturated rings. The molecule has 1 aromatic carbocycles. The smallest absolute Gasteiger partial charge is 0.332 e. The molecule has 0 saturated carbocycles. The molecule has 0 aliphatic carbocycles. The molecule has 0 radical (unpaired) electrons. The largest absolute Gasteiger partial charge is 0.461 e. The molecule has 0 amide bonds. The number of hydrogen-bond acceptors (Lipinski definition) is 8. The lowest BCUT2D eigenvalue weighted by molar-refractivity contribution is -0.157. The van der Waals surface area contributed by atoms with Gasteiger partial charge in [-0.05, 0) is 31.2 Å². The van der Waals surface area contributed by atoms with Gasteiger partial charge in [0.1, 0.15) is 19.3 Å². The average molecular weight is 663 g/mol. The summed E-state index contributed by atoms with van der Waals surface area (Å²) in [6.45, 7) is 1.92. The van der Waals surface area contributed by atoms with E-state index in [0.29, 0.717) is 6.42 Å². The quantitative estimate of drug-likeness (QED) is 0.0273. The second-order valence-electron chi connectivity index (χ2n) is 10.6. The van der Waals surface area contributed by atoms with E-state index in [4.69, 9.17) is 49.0 Å². The number of rotatable bonds is 24. The third-order valence-corrected chi connectivity index (χ3v) is 7.11. The van der Waals surface area contributed by atoms with Crippen LogP contribution in [-0.2, 0) is 40.0 Å². The molecule has 0 heterocycles. The molecular formula is C32H46Cl3NO7. The number of aliphatic imine (C=N–C) groups is 1. The van der Waals surface area contributed by atoms with Crippen molar-refractivity contribution in [2.45, 2.75) is 132 Å². The van der Waals surface area contributed by atoms with Crippen molar-refractivity contribution >= 4 is 58.8 Å². The van der Waals surface area contributed by atoms with E-state index in [1.54, 1.807) is 0 Å². The third-order valence-electron chi connectivity index (χ3n) is 6.79. The summed E-state index contributed by atoms with van der Waals surface area (Å²) in [4.78, 5) is 52.0. The maximum absolute atomic E-state index is 12.9. The molecule has 1 aromatic rings. The average Bonchev–Trinajstić information content (AvgIpc) is 2.97. The zero-order valence-corrected chi connectivity index (χ0v) is 27.5. The van der Waals surface area contributed by atoms with E-state index in [2.05, 4.69) is 11.9 Å². The number of nitrogens with zero attached hydrogens (tertiary/aromatic N) is 1. The van der Waals surface area contributed by atoms with E-state index in [1.807, 2.05) is 30.3 Å². The van der Waals surface area contributed by atoms with Crippen LogP contribution in [0.4, 0.5) is 0 Å². The number of ether oxygens (including phenoxy) is 3. The Balaban J connectivity index is 2.54. The summed E-state index contributed by atoms with van der Waals surface area (Å²) >= 11 is 17.0. The van der Waals surface area contributed by atoms with E-state index in [9.17, 15) is 19.2 Å². The lowest BCUT2D eigenvalue weighted by atomic mass is 10.0. The van der Waals surface area contributed by atoms with Crippen LogP contribution in [-0.4, -0.2) is 46.5 Å². The van der Waals surface area contributed by atoms with Crippen molar-refractivity contribution in [2.75, 3.05) is 6.61 Å². The maximum atomic E-state index is 12.9. The lowest BCUT2D eigenvalue weighted by Crippen LogP contribution is -2.30. The summed E-state index contributed by atoms with van der Waals surface area (Å²) < 4.78 is 14.1. The van der Waals surface area contributed by atoms with Crippen molar-refractivity contribution in [3.05, 3.63) is 35.9 Å². The van der Waals surface area contributed by atoms with Crippen LogP contribution in [0, 0.1) is 0 Å². The van der Waals surface area contributed by atoms with Crippen molar-refractivity contribution in [2.24, 2.45) is 4.99 Å². The number of unbranched alkanes of at least 4 members (excludes halogenated alkanes) is 10. The number of carbonyl (C=O) groups is 3. The van der Waals surface area contributed by atoms with Gasteiger partial charge in [0.2, 0.25) is 9.87 Å². The first-order valence-electron chi connectivity index (χ1n) is 15.3. The fourth-order valence-electron chi connectivity index (χ4n) is 4.44. The Bertz CT molecular complexity index is 965. The summed E-state index contributed by atoms with van der Waals surface area (Å²) in [6.07, 6.45) is 13.9. The monoisotopic (exact) mass is 661 g/mol. The zero-order chi connectivity index (χ0) is 31.8. The molecule has 11 heteroatoms. The van der Waals surface area contributed by atoms with Gasteiger partial charge in [-0.25, -0.2) is 9.59 Å². The number of hydrogen-bond donors (Lipinski definition) is 0. The second-order valence-corrected chi connectivity index (χ2v) is 13.2. The lowest BCUT2D eigenvalue weighted by Gasteiger charge is -2.20. The Morgan fingerprint density at radius 3 is 2.00 bits per heavy atom. The molecule has 2 atom stereocenters. The fraction of sp³-hybridized carbons (Fsp3) is 0.688. The van der Waals surface area contributed by atoms with Crippen LogP contribution in [0.25, 0.3) is 0 Å². The molecular weight excluding hydrogens is 617 g/mol. The highest BCUT2D eigenvalue weighted by molar-refractivity contribution is 6.67. The van der Waals surface area contributed by atoms with Crippen LogP contribution in [0.3, 0.4) is 0 Å². The highest BCUT2D eigenvalue weighted by Gasteiger charge is 2.27. The Labute approximate surface area is 271 Å². The van der Waals surface area contributed by atoms with Gasteiger partial charge in [0, 0.05) is 6.42 Å². The predicted molar refractivity (Wildman–Crippen MR) is 169 cm³/mol. The molecule has 0 N–H and O–H groups in total. The predicted octanol–water partition coefficient (Wildman–Crippen LogP) is 8.52. The molecule has 0 saturated heterocycles. The van der Waals surface area contributed by atoms with Gasteiger partial charge >= 0.3 is 17.9 Å². The van der Waals surface area contributed by atoms with Gasteiger partial charge in [-0.3, -0.25) is 9.59 Å². The minimum atomic E-state index is -1.76. The van der Waals surface area contributed by atoms with Crippen molar-refractivity contribution in [1.82, 2.24) is 0 Å². The van der Waals surface area contributed by atoms with Crippen molar-refractivity contribution < 1.29 is 33.4 Å². The molecule has 1 unspecified atom stereocenters. The van der Waals surface area contributed by atoms with E-state index in [1.165, 1.54) is 51.0 Å². The first kappa shape index (κ1) is 38.9. The Morgan fingerprint density at radius 1 is 0.814 bits per heavy atom. The minimum Gasteiger partial charge on any atom is -0.461 e. The summed E-state index contributed by atoms with van der Waals surface area (Å²) in [7, 11) is 0. The number of alkyl halides is 3. The third kappa shape index (κ3) is 22.1. The number of carbonyl (C=O) groups excluding carboxylic acids is 4. The number of esters is 3. The van der Waals surface area contributed by atoms with Gasteiger partial charge in [0.15, 0.2) is 6.04 Å². The highest BCUT2D eigenvalue weighted by Crippen LogP contribution is 2.26. The van der Waals surface area contributed by atoms with E-state index in [-0.39, 0.29) is 32.3 Å². The van der Waals surface area contributed by atoms with Gasteiger partial charge in [-0.2, -0.15) is 4.99 Å². The van der Waals surface area contributed by atoms with Gasteiger partial charge in [0.05, 0.1) is 6.42 Å². The summed E-state index contributed by atoms with van der Waals surface area (Å²) in [5.41, 5.74) is 0.860. The van der Waals surface area contributed by atoms with E-state index < -0.39 is 40.5 Å². The topological polar surface area (TPSA) is 108 Å². The van der Waals surface area contributed by atoms with Gasteiger partial charge in [-0.15, -0.1) is 0 Å². The molecule has 8 nitrogen and oxygen atoms in total. The van der Waals surface area contributed by atoms with E-state index in [0.717, 1.165) is 31.2 Å². The van der Waals surface area contributed by atoms with Crippen molar-refractivity contribution in [3.63, 3.8) is 0 Å². The molecule has 0 spiro atoms. The molecule has 0 bridgehead atoms. The second kappa shape index (κ2) is 24.2. The highest BCUT2D eigenvalue weighted by atomic mass is 35.6. The summed E-state index contributed by atoms with van der Waals surface area (Å²) in [5.74, 6) is -1.89. The summed E-state index contributed by atoms with van der Waals surface area (Å²) in [6, 6.07) is 8.10. The van der Waals surface area contributed by atoms with Gasteiger partial charge in [0.25, 0.3) is 0 Å². The maximum Gasteiger partial charge on any atom is 0.332 e. The standard InChI is InChI=1S/C32H46Cl3NO7/c1-2-3-4-5-6-7-8-9-10-11-15-19-27(22-30(39)42-24-32(33,34)35)43-31(40)28(36-25-37)20-16-21-29(38)41-23-26-17-13-12-14-18-26/h12-14,17-18,27-28H,2-11,15-16,19-24H2,1H3/t27?,28-/m0/s1. The Morgan fingerprint density at radius 2 is 1.42 bits per heavy atom. The van der Waals surface area contributed by atoms with Gasteiger partial charge in [-0.1, -0.05) is 136 Å². The first-order chi connectivity index (χ1) is 20.6. The number of halogens is 3. The van der Waals surface area contributed by atoms with Crippen LogP contribution < -0.4 is 0 Å². The van der Waals surface area contributed by atoms with Crippen molar-refractivity contribution in [3.8, 4) is 0 Å². The molecule has 1 rings (SSSR count). The fourth-order valence-corrected chi connectivity index (χ4v) is 4.60. The molecule has 242 valence electrons. The minimum absolute atomic E-state index is 0.0382. The number of isocyanates is 1. The molecule has 43 heavy (non-hydrogen) atoms. The van der Waals surface area contributed by atoms with Crippen LogP contribution in [0.15, 0.2) is 35.3 Å². The van der Waals surface area contributed by atoms with Crippen LogP contribution >= 0.6 is 34.8 Å². The summed E-state index contributed by atoms with van der Waals surface area (Å²) in [5, 5.41) is 0. The zero-order valence-electron chi connectivity index (χ0n) is 25.2. The van der Waals surface area contributed by atoms with Crippen LogP contribution in [0.5, 0.6) is 0 Å². The van der Waals surface area contributed by atoms with Crippen LogP contribution in [0.1, 0.15) is 115 Å². The van der Waals surface area contributed by atoms with E-state index >= 15 is 0 Å². The molecule has 0 aliphatic rings. The van der Waals surface area contributed by atoms with Crippen LogP contribution in [0.2, 0.25) is 0 Å². The Kier molecular flexibility index (Phi) is 21.9. The van der Waals surface area contributed by atoms with Crippen molar-refractivity contribution in [1.29, 1.82) is 0 Å². The first-order valence-corrected chi connectivity index (χ1v) is 16.5. The Hall–Kier alpha value is -2.12. The SMILES string of the molecule is CCCCCCCCCCCCCC(CC(=O)OCC(Cl)(Cl)Cl)OC(=O)[C@H](CCCC(=O)OCc1ccccc1)N=C=O. The normalized spacial score (nSPS) is 12.6. The molecule has 0 aliphatic heterocycles. The van der Waals surface area contributed by atoms with Gasteiger partial charge < -0.3 is 14.2 Å². The number of benzene rings is 1. The molecule has 0 aromatic heterocycles.